The van der Waals surface area contributed by atoms with Gasteiger partial charge >= 0.3 is 0 Å². The van der Waals surface area contributed by atoms with Crippen LogP contribution in [0.5, 0.6) is 0 Å². The smallest absolute Gasteiger partial charge is 0.188 e. The number of hydrogen-bond acceptors (Lipinski definition) is 1. The van der Waals surface area contributed by atoms with Crippen LogP contribution in [-0.4, -0.2) is 5.78 Å². The maximum Gasteiger partial charge on any atom is 0.188 e. The molecule has 0 bridgehead atoms. The van der Waals surface area contributed by atoms with Crippen LogP contribution in [0.4, 0.5) is 4.39 Å². The zero-order valence-corrected chi connectivity index (χ0v) is 9.40. The van der Waals surface area contributed by atoms with Crippen LogP contribution in [0.3, 0.4) is 0 Å². The predicted molar refractivity (Wildman–Crippen MR) is 68.3 cm³/mol. The molecule has 0 aliphatic carbocycles. The lowest BCUT2D eigenvalue weighted by atomic mass is 10.1. The lowest BCUT2D eigenvalue weighted by Gasteiger charge is -1.97. The van der Waals surface area contributed by atoms with Crippen molar-refractivity contribution in [2.24, 2.45) is 0 Å². The first-order valence-corrected chi connectivity index (χ1v) is 5.11. The Kier molecular flexibility index (Phi) is 4.82. The van der Waals surface area contributed by atoms with Gasteiger partial charge in [0.25, 0.3) is 0 Å². The standard InChI is InChI=1S/C15H13FO/c1-3-7-12(4-2)10-11-15(17)13-8-5-6-9-14(13)16/h3-11H,1-2H2/b11-10+,12-7+. The summed E-state index contributed by atoms with van der Waals surface area (Å²) >= 11 is 0. The van der Waals surface area contributed by atoms with Gasteiger partial charge < -0.3 is 0 Å². The van der Waals surface area contributed by atoms with Crippen molar-refractivity contribution >= 4 is 5.78 Å². The first-order chi connectivity index (χ1) is 8.19. The summed E-state index contributed by atoms with van der Waals surface area (Å²) < 4.78 is 13.3. The highest BCUT2D eigenvalue weighted by Gasteiger charge is 2.06. The van der Waals surface area contributed by atoms with Crippen molar-refractivity contribution in [1.82, 2.24) is 0 Å². The van der Waals surface area contributed by atoms with Gasteiger partial charge in [-0.05, 0) is 23.8 Å². The molecule has 86 valence electrons. The first-order valence-electron chi connectivity index (χ1n) is 5.11. The van der Waals surface area contributed by atoms with E-state index in [-0.39, 0.29) is 11.3 Å². The van der Waals surface area contributed by atoms with E-state index in [1.54, 1.807) is 36.4 Å². The molecule has 2 heteroatoms. The highest BCUT2D eigenvalue weighted by atomic mass is 19.1. The van der Waals surface area contributed by atoms with Crippen molar-refractivity contribution < 1.29 is 9.18 Å². The van der Waals surface area contributed by atoms with E-state index in [1.165, 1.54) is 18.2 Å². The van der Waals surface area contributed by atoms with E-state index in [0.717, 1.165) is 5.57 Å². The van der Waals surface area contributed by atoms with Crippen LogP contribution in [0.15, 0.2) is 73.4 Å². The van der Waals surface area contributed by atoms with Gasteiger partial charge in [0.2, 0.25) is 0 Å². The Labute approximate surface area is 100 Å². The van der Waals surface area contributed by atoms with E-state index < -0.39 is 5.82 Å². The molecular formula is C15H13FO. The van der Waals surface area contributed by atoms with Gasteiger partial charge in [0.1, 0.15) is 5.82 Å². The van der Waals surface area contributed by atoms with E-state index >= 15 is 0 Å². The largest absolute Gasteiger partial charge is 0.289 e. The molecule has 0 unspecified atom stereocenters. The SMILES string of the molecule is C=C/C=C(C=C)/C=C/C(=O)c1ccccc1F. The summed E-state index contributed by atoms with van der Waals surface area (Å²) in [4.78, 5) is 11.7. The van der Waals surface area contributed by atoms with Crippen molar-refractivity contribution in [2.75, 3.05) is 0 Å². The summed E-state index contributed by atoms with van der Waals surface area (Å²) in [6, 6.07) is 5.88. The Hall–Kier alpha value is -2.22. The fourth-order valence-corrected chi connectivity index (χ4v) is 1.25. The molecule has 0 aliphatic heterocycles. The highest BCUT2D eigenvalue weighted by molar-refractivity contribution is 6.04. The zero-order valence-electron chi connectivity index (χ0n) is 9.40. The van der Waals surface area contributed by atoms with Crippen LogP contribution in [-0.2, 0) is 0 Å². The molecule has 0 spiro atoms. The Balaban J connectivity index is 2.90. The zero-order chi connectivity index (χ0) is 12.7. The first kappa shape index (κ1) is 12.8. The van der Waals surface area contributed by atoms with E-state index in [4.69, 9.17) is 0 Å². The molecular weight excluding hydrogens is 215 g/mol. The van der Waals surface area contributed by atoms with E-state index in [2.05, 4.69) is 13.2 Å². The van der Waals surface area contributed by atoms with Crippen molar-refractivity contribution in [2.45, 2.75) is 0 Å². The minimum Gasteiger partial charge on any atom is -0.289 e. The molecule has 0 atom stereocenters. The van der Waals surface area contributed by atoms with E-state index in [0.29, 0.717) is 0 Å². The van der Waals surface area contributed by atoms with Crippen molar-refractivity contribution in [3.63, 3.8) is 0 Å². The van der Waals surface area contributed by atoms with Crippen LogP contribution in [0.2, 0.25) is 0 Å². The molecule has 0 heterocycles. The third-order valence-corrected chi connectivity index (χ3v) is 2.11. The monoisotopic (exact) mass is 228 g/mol. The number of carbonyl (C=O) groups is 1. The third kappa shape index (κ3) is 3.68. The normalized spacial score (nSPS) is 11.5. The van der Waals surface area contributed by atoms with Gasteiger partial charge in [-0.15, -0.1) is 0 Å². The van der Waals surface area contributed by atoms with Gasteiger partial charge in [0.05, 0.1) is 5.56 Å². The number of carbonyl (C=O) groups excluding carboxylic acids is 1. The van der Waals surface area contributed by atoms with Gasteiger partial charge in [-0.1, -0.05) is 49.6 Å². The molecule has 0 radical (unpaired) electrons. The van der Waals surface area contributed by atoms with Gasteiger partial charge in [-0.3, -0.25) is 4.79 Å². The van der Waals surface area contributed by atoms with Crippen molar-refractivity contribution in [3.05, 3.63) is 84.8 Å². The molecule has 0 aromatic heterocycles. The van der Waals surface area contributed by atoms with Crippen LogP contribution in [0, 0.1) is 5.82 Å². The molecule has 0 saturated heterocycles. The lowest BCUT2D eigenvalue weighted by molar-refractivity contribution is 0.104. The topological polar surface area (TPSA) is 17.1 Å². The van der Waals surface area contributed by atoms with Gasteiger partial charge in [0, 0.05) is 0 Å². The number of hydrogen-bond donors (Lipinski definition) is 0. The lowest BCUT2D eigenvalue weighted by Crippen LogP contribution is -1.97. The van der Waals surface area contributed by atoms with Crippen LogP contribution in [0.25, 0.3) is 0 Å². The number of benzene rings is 1. The maximum absolute atomic E-state index is 13.3. The molecule has 0 saturated carbocycles. The van der Waals surface area contributed by atoms with Crippen LogP contribution < -0.4 is 0 Å². The summed E-state index contributed by atoms with van der Waals surface area (Å²) in [7, 11) is 0. The summed E-state index contributed by atoms with van der Waals surface area (Å²) in [5, 5.41) is 0. The molecule has 17 heavy (non-hydrogen) atoms. The van der Waals surface area contributed by atoms with Gasteiger partial charge in [-0.2, -0.15) is 0 Å². The minimum atomic E-state index is -0.519. The second-order valence-electron chi connectivity index (χ2n) is 3.28. The van der Waals surface area contributed by atoms with Gasteiger partial charge in [-0.25, -0.2) is 4.39 Å². The van der Waals surface area contributed by atoms with Gasteiger partial charge in [0.15, 0.2) is 5.78 Å². The average Bonchev–Trinajstić information content (AvgIpc) is 2.34. The van der Waals surface area contributed by atoms with Crippen molar-refractivity contribution in [1.29, 1.82) is 0 Å². The average molecular weight is 228 g/mol. The molecule has 1 aromatic carbocycles. The summed E-state index contributed by atoms with van der Waals surface area (Å²) in [5.74, 6) is -0.894. The second kappa shape index (κ2) is 6.38. The Morgan fingerprint density at radius 1 is 1.18 bits per heavy atom. The molecule has 1 aromatic rings. The number of allylic oxidation sites excluding steroid dienone is 6. The fraction of sp³-hybridized carbons (Fsp3) is 0. The highest BCUT2D eigenvalue weighted by Crippen LogP contribution is 2.09. The Bertz CT molecular complexity index is 495. The Morgan fingerprint density at radius 3 is 2.47 bits per heavy atom. The van der Waals surface area contributed by atoms with Crippen LogP contribution >= 0.6 is 0 Å². The number of ketones is 1. The molecule has 0 fully saturated rings. The summed E-state index contributed by atoms with van der Waals surface area (Å²) in [5.41, 5.74) is 0.801. The summed E-state index contributed by atoms with van der Waals surface area (Å²) in [6.45, 7) is 7.14. The molecule has 1 nitrogen and oxygen atoms in total. The summed E-state index contributed by atoms with van der Waals surface area (Å²) in [6.07, 6.45) is 7.78. The van der Waals surface area contributed by atoms with Crippen LogP contribution in [0.1, 0.15) is 10.4 Å². The number of halogens is 1. The quantitative estimate of drug-likeness (QED) is 0.425. The minimum absolute atomic E-state index is 0.0609. The number of rotatable bonds is 5. The second-order valence-corrected chi connectivity index (χ2v) is 3.28. The molecule has 0 amide bonds. The molecule has 0 aliphatic rings. The Morgan fingerprint density at radius 2 is 1.88 bits per heavy atom. The maximum atomic E-state index is 13.3. The third-order valence-electron chi connectivity index (χ3n) is 2.11. The molecule has 1 rings (SSSR count). The van der Waals surface area contributed by atoms with E-state index in [1.807, 2.05) is 0 Å². The fourth-order valence-electron chi connectivity index (χ4n) is 1.25. The van der Waals surface area contributed by atoms with E-state index in [9.17, 15) is 9.18 Å². The molecule has 0 N–H and O–H groups in total. The van der Waals surface area contributed by atoms with Crippen molar-refractivity contribution in [3.8, 4) is 0 Å². The predicted octanol–water partition coefficient (Wildman–Crippen LogP) is 3.86.